The van der Waals surface area contributed by atoms with Gasteiger partial charge in [0.25, 0.3) is 0 Å². The van der Waals surface area contributed by atoms with E-state index in [0.717, 1.165) is 25.7 Å². The van der Waals surface area contributed by atoms with Gasteiger partial charge in [-0.05, 0) is 0 Å². The van der Waals surface area contributed by atoms with Gasteiger partial charge in [0.05, 0.1) is 0 Å². The molecule has 0 spiro atoms. The van der Waals surface area contributed by atoms with Crippen molar-refractivity contribution in [2.45, 2.75) is 180 Å². The number of rotatable bonds is 13. The molecule has 0 N–H and O–H groups in total. The average Bonchev–Trinajstić information content (AvgIpc) is 3.79. The monoisotopic (exact) mass is 965 g/mol. The van der Waals surface area contributed by atoms with Gasteiger partial charge in [0.2, 0.25) is 0 Å². The Kier molecular flexibility index (Phi) is 14.4. The molecule has 0 amide bonds. The van der Waals surface area contributed by atoms with Crippen LogP contribution in [0.15, 0.2) is 71.8 Å². The van der Waals surface area contributed by atoms with Crippen LogP contribution in [-0.4, -0.2) is 5.92 Å². The van der Waals surface area contributed by atoms with E-state index >= 15 is 0 Å². The molecule has 6 rings (SSSR count). The first-order valence-electron chi connectivity index (χ1n) is 24.4. The molecule has 2 aliphatic carbocycles. The zero-order valence-corrected chi connectivity index (χ0v) is 47.2. The van der Waals surface area contributed by atoms with E-state index in [1.165, 1.54) is 89.0 Å². The Morgan fingerprint density at radius 2 is 0.823 bits per heavy atom. The number of hydrogen-bond acceptors (Lipinski definition) is 0. The Morgan fingerprint density at radius 1 is 0.516 bits per heavy atom. The van der Waals surface area contributed by atoms with Crippen molar-refractivity contribution in [3.8, 4) is 22.3 Å². The minimum absolute atomic E-state index is 0.00555. The molecule has 335 valence electrons. The van der Waals surface area contributed by atoms with Crippen molar-refractivity contribution in [1.29, 1.82) is 0 Å². The minimum atomic E-state index is -5.21. The molecule has 0 radical (unpaired) electrons. The fraction of sp³-hybridized carbons (Fsp3) is 0.517. The van der Waals surface area contributed by atoms with Crippen LogP contribution in [-0.2, 0) is 28.4 Å². The topological polar surface area (TPSA) is 0 Å². The summed E-state index contributed by atoms with van der Waals surface area (Å²) >= 11 is -5.21. The molecule has 0 saturated carbocycles. The maximum absolute atomic E-state index is 9.22. The fourth-order valence-electron chi connectivity index (χ4n) is 10.9. The van der Waals surface area contributed by atoms with Crippen LogP contribution in [0.4, 0.5) is 0 Å². The Bertz CT molecular complexity index is 2180. The molecular formula is C58H81Cl2SiZr. The first-order valence-corrected chi connectivity index (χ1v) is 40.7. The predicted molar refractivity (Wildman–Crippen MR) is 279 cm³/mol. The molecular weight excluding hydrogens is 887 g/mol. The molecule has 4 heteroatoms. The van der Waals surface area contributed by atoms with Gasteiger partial charge in [-0.15, -0.1) is 0 Å². The van der Waals surface area contributed by atoms with Crippen molar-refractivity contribution in [3.05, 3.63) is 127 Å². The van der Waals surface area contributed by atoms with E-state index in [2.05, 4.69) is 197 Å². The average molecular weight is 969 g/mol. The van der Waals surface area contributed by atoms with Crippen molar-refractivity contribution >= 4 is 35.1 Å². The van der Waals surface area contributed by atoms with E-state index < -0.39 is 21.5 Å². The van der Waals surface area contributed by atoms with Crippen LogP contribution in [0.3, 0.4) is 0 Å². The van der Waals surface area contributed by atoms with Gasteiger partial charge in [0, 0.05) is 0 Å². The van der Waals surface area contributed by atoms with Crippen LogP contribution in [0.5, 0.6) is 0 Å². The van der Waals surface area contributed by atoms with Crippen molar-refractivity contribution in [1.82, 2.24) is 0 Å². The third kappa shape index (κ3) is 8.85. The number of benzene rings is 4. The molecule has 0 aromatic heterocycles. The Morgan fingerprint density at radius 3 is 1.06 bits per heavy atom. The molecule has 0 saturated heterocycles. The second kappa shape index (κ2) is 18.0. The third-order valence-corrected chi connectivity index (χ3v) is 66.3. The van der Waals surface area contributed by atoms with Gasteiger partial charge in [0.1, 0.15) is 0 Å². The van der Waals surface area contributed by atoms with E-state index in [1.807, 2.05) is 0 Å². The molecule has 2 atom stereocenters. The first-order chi connectivity index (χ1) is 28.7. The van der Waals surface area contributed by atoms with E-state index in [-0.39, 0.29) is 18.1 Å². The Hall–Kier alpha value is -1.96. The number of allylic oxidation sites excluding steroid dienone is 2. The molecule has 62 heavy (non-hydrogen) atoms. The van der Waals surface area contributed by atoms with Crippen LogP contribution in [0.2, 0.25) is 13.1 Å². The zero-order valence-electron chi connectivity index (χ0n) is 42.1. The van der Waals surface area contributed by atoms with Gasteiger partial charge in [-0.2, -0.15) is 0 Å². The summed E-state index contributed by atoms with van der Waals surface area (Å²) in [4.78, 5) is 0. The molecule has 0 fully saturated rings. The van der Waals surface area contributed by atoms with Crippen LogP contribution >= 0.6 is 17.0 Å². The number of fused-ring (bicyclic) bond motifs is 2. The summed E-state index contributed by atoms with van der Waals surface area (Å²) in [5.74, 6) is -0.0602. The predicted octanol–water partition coefficient (Wildman–Crippen LogP) is 19.1. The van der Waals surface area contributed by atoms with Crippen molar-refractivity contribution < 1.29 is 15.6 Å². The SMILES string of the molecule is CCCc1ccc2c(c1-c1cc(C(C)C)cc(C(C)C)c1)C=C(C(C)(C)C)[CH]2[Zr]([Cl])([Cl])([CH]1C(C(C)(C)C)=Cc2c1ccc(CCC)c2-c1cc(C(C)C)cc(C(C)C)c1)[SiH](C)C. The molecule has 4 aromatic rings. The number of hydrogen-bond donors (Lipinski definition) is 0. The quantitative estimate of drug-likeness (QED) is 0.117. The van der Waals surface area contributed by atoms with E-state index in [1.54, 1.807) is 0 Å². The van der Waals surface area contributed by atoms with Gasteiger partial charge in [-0.1, -0.05) is 0 Å². The molecule has 0 heterocycles. The van der Waals surface area contributed by atoms with Gasteiger partial charge in [-0.25, -0.2) is 0 Å². The van der Waals surface area contributed by atoms with Crippen LogP contribution in [0.1, 0.15) is 210 Å². The second-order valence-corrected chi connectivity index (χ2v) is 65.6. The standard InChI is InChI=1S/2C28H37.C2H7Si.2ClH.Zr/c2*1-9-10-20-11-12-21-16-25(28(6,7)8)17-26(21)27(20)24-14-22(18(2)3)13-23(15-24)19(4)5;1-3-2;;;/h2*11-19H,9-10H2,1-8H3;3H,1-2H3;2*1H;/q;;;;;+2/p-2. The summed E-state index contributed by atoms with van der Waals surface area (Å²) in [5, 5.41) is 0. The fourth-order valence-corrected chi connectivity index (χ4v) is 42.3. The van der Waals surface area contributed by atoms with Gasteiger partial charge in [-0.3, -0.25) is 0 Å². The van der Waals surface area contributed by atoms with E-state index in [9.17, 15) is 17.0 Å². The van der Waals surface area contributed by atoms with Gasteiger partial charge in [0.15, 0.2) is 0 Å². The molecule has 0 bridgehead atoms. The maximum atomic E-state index is 9.22. The summed E-state index contributed by atoms with van der Waals surface area (Å²) in [5.41, 5.74) is 22.2. The Balaban J connectivity index is 1.73. The van der Waals surface area contributed by atoms with Crippen molar-refractivity contribution in [3.63, 3.8) is 0 Å². The molecule has 0 nitrogen and oxygen atoms in total. The normalized spacial score (nSPS) is 17.6. The first kappa shape index (κ1) is 49.5. The van der Waals surface area contributed by atoms with Gasteiger partial charge >= 0.3 is 392 Å². The van der Waals surface area contributed by atoms with E-state index in [0.29, 0.717) is 23.7 Å². The Labute approximate surface area is 388 Å². The van der Waals surface area contributed by atoms with E-state index in [4.69, 9.17) is 0 Å². The van der Waals surface area contributed by atoms with Crippen LogP contribution in [0, 0.1) is 10.8 Å². The van der Waals surface area contributed by atoms with Gasteiger partial charge < -0.3 is 0 Å². The van der Waals surface area contributed by atoms with Crippen molar-refractivity contribution in [2.75, 3.05) is 0 Å². The van der Waals surface area contributed by atoms with Crippen LogP contribution in [0.25, 0.3) is 34.4 Å². The molecule has 4 aromatic carbocycles. The number of aryl methyl sites for hydroxylation is 2. The molecule has 2 aliphatic rings. The zero-order chi connectivity index (χ0) is 46.0. The molecule has 2 unspecified atom stereocenters. The number of halogens is 2. The third-order valence-electron chi connectivity index (χ3n) is 14.8. The van der Waals surface area contributed by atoms with Crippen molar-refractivity contribution in [2.24, 2.45) is 10.8 Å². The summed E-state index contributed by atoms with van der Waals surface area (Å²) < 4.78 is 0.0111. The summed E-state index contributed by atoms with van der Waals surface area (Å²) in [7, 11) is 18.4. The summed E-state index contributed by atoms with van der Waals surface area (Å²) in [6.45, 7) is 42.8. The summed E-state index contributed by atoms with van der Waals surface area (Å²) in [6, 6.07) is 24.8. The second-order valence-electron chi connectivity index (χ2n) is 23.0. The van der Waals surface area contributed by atoms with Crippen LogP contribution < -0.4 is 0 Å². The molecule has 0 aliphatic heterocycles. The summed E-state index contributed by atoms with van der Waals surface area (Å²) in [6.07, 6.45) is 9.49.